The molecule has 0 spiro atoms. The van der Waals surface area contributed by atoms with E-state index >= 15 is 0 Å². The van der Waals surface area contributed by atoms with Gasteiger partial charge in [0.05, 0.1) is 0 Å². The molecule has 0 aliphatic heterocycles. The average molecular weight is 720 g/mol. The van der Waals surface area contributed by atoms with E-state index in [-0.39, 0.29) is 0 Å². The lowest BCUT2D eigenvalue weighted by Gasteiger charge is -2.26. The van der Waals surface area contributed by atoms with Gasteiger partial charge < -0.3 is 9.32 Å². The molecular weight excluding hydrogens is 687 g/mol. The Bertz CT molecular complexity index is 3190. The molecule has 0 bridgehead atoms. The second-order valence-corrected chi connectivity index (χ2v) is 15.2. The highest BCUT2D eigenvalue weighted by atomic mass is 32.1. The molecule has 0 saturated heterocycles. The number of fused-ring (bicyclic) bond motifs is 8. The SMILES string of the molecule is c1ccc(-c2ccc(N(c3ccc(-c4ccc5sc6ccccc6c5c4)cc3)c3cccc(-c4cccc5oc6c7ccccc7ccc6c45)c3)cc2)cc1. The molecule has 0 aliphatic rings. The van der Waals surface area contributed by atoms with Crippen LogP contribution in [0.2, 0.25) is 0 Å². The lowest BCUT2D eigenvalue weighted by atomic mass is 9.97. The predicted molar refractivity (Wildman–Crippen MR) is 235 cm³/mol. The van der Waals surface area contributed by atoms with Crippen LogP contribution in [-0.4, -0.2) is 0 Å². The van der Waals surface area contributed by atoms with Gasteiger partial charge in [-0.25, -0.2) is 0 Å². The fourth-order valence-electron chi connectivity index (χ4n) is 8.20. The number of anilines is 3. The maximum atomic E-state index is 6.57. The Morgan fingerprint density at radius 1 is 0.364 bits per heavy atom. The van der Waals surface area contributed by atoms with Crippen molar-refractivity contribution in [3.63, 3.8) is 0 Å². The summed E-state index contributed by atoms with van der Waals surface area (Å²) in [5.41, 5.74) is 12.2. The minimum Gasteiger partial charge on any atom is -0.455 e. The molecule has 0 saturated carbocycles. The van der Waals surface area contributed by atoms with Crippen molar-refractivity contribution in [3.8, 4) is 33.4 Å². The number of hydrogen-bond acceptors (Lipinski definition) is 3. The Morgan fingerprint density at radius 2 is 1.00 bits per heavy atom. The van der Waals surface area contributed by atoms with Crippen LogP contribution in [0.5, 0.6) is 0 Å². The fourth-order valence-corrected chi connectivity index (χ4v) is 9.28. The molecule has 11 rings (SSSR count). The molecule has 0 N–H and O–H groups in total. The molecule has 11 aromatic rings. The van der Waals surface area contributed by atoms with Crippen molar-refractivity contribution < 1.29 is 4.42 Å². The molecule has 0 amide bonds. The van der Waals surface area contributed by atoms with Gasteiger partial charge in [0, 0.05) is 53.4 Å². The standard InChI is InChI=1S/C52H33NOS/c1-2-10-34(11-3-1)35-20-26-40(27-21-35)53(41-28-22-36(23-29-41)38-25-31-50-47(33-38)45-16-6-7-19-49(45)55-50)42-14-8-13-39(32-42)43-17-9-18-48-51(43)46-30-24-37-12-4-5-15-44(37)52(46)54-48/h1-33H. The Hall–Kier alpha value is -6.94. The summed E-state index contributed by atoms with van der Waals surface area (Å²) in [6.07, 6.45) is 0. The first-order chi connectivity index (χ1) is 27.2. The second kappa shape index (κ2) is 12.9. The van der Waals surface area contributed by atoms with E-state index in [2.05, 4.69) is 205 Å². The molecule has 3 heteroatoms. The van der Waals surface area contributed by atoms with E-state index in [9.17, 15) is 0 Å². The van der Waals surface area contributed by atoms with Crippen molar-refractivity contribution in [3.05, 3.63) is 200 Å². The van der Waals surface area contributed by atoms with Crippen molar-refractivity contribution in [2.45, 2.75) is 0 Å². The van der Waals surface area contributed by atoms with Crippen LogP contribution >= 0.6 is 11.3 Å². The Balaban J connectivity index is 1.03. The van der Waals surface area contributed by atoms with Gasteiger partial charge >= 0.3 is 0 Å². The van der Waals surface area contributed by atoms with Crippen molar-refractivity contribution in [1.82, 2.24) is 0 Å². The first-order valence-corrected chi connectivity index (χ1v) is 19.5. The number of hydrogen-bond donors (Lipinski definition) is 0. The summed E-state index contributed by atoms with van der Waals surface area (Å²) in [4.78, 5) is 2.36. The third kappa shape index (κ3) is 5.40. The number of furan rings is 1. The summed E-state index contributed by atoms with van der Waals surface area (Å²) in [7, 11) is 0. The zero-order chi connectivity index (χ0) is 36.3. The van der Waals surface area contributed by atoms with Crippen LogP contribution in [0.3, 0.4) is 0 Å². The fraction of sp³-hybridized carbons (Fsp3) is 0. The molecule has 0 unspecified atom stereocenters. The van der Waals surface area contributed by atoms with E-state index < -0.39 is 0 Å². The largest absolute Gasteiger partial charge is 0.455 e. The van der Waals surface area contributed by atoms with Gasteiger partial charge in [0.15, 0.2) is 0 Å². The van der Waals surface area contributed by atoms with Gasteiger partial charge in [0.2, 0.25) is 0 Å². The van der Waals surface area contributed by atoms with E-state index in [0.29, 0.717) is 0 Å². The second-order valence-electron chi connectivity index (χ2n) is 14.1. The molecule has 2 nitrogen and oxygen atoms in total. The van der Waals surface area contributed by atoms with E-state index in [1.807, 2.05) is 11.3 Å². The van der Waals surface area contributed by atoms with Gasteiger partial charge in [-0.3, -0.25) is 0 Å². The predicted octanol–water partition coefficient (Wildman–Crippen LogP) is 15.6. The molecular formula is C52H33NOS. The minimum absolute atomic E-state index is 0.895. The minimum atomic E-state index is 0.895. The lowest BCUT2D eigenvalue weighted by Crippen LogP contribution is -2.10. The highest BCUT2D eigenvalue weighted by molar-refractivity contribution is 7.25. The third-order valence-electron chi connectivity index (χ3n) is 10.9. The van der Waals surface area contributed by atoms with Crippen molar-refractivity contribution in [2.75, 3.05) is 4.90 Å². The smallest absolute Gasteiger partial charge is 0.143 e. The molecule has 2 heterocycles. The third-order valence-corrected chi connectivity index (χ3v) is 12.0. The lowest BCUT2D eigenvalue weighted by molar-refractivity contribution is 0.673. The number of nitrogens with zero attached hydrogens (tertiary/aromatic N) is 1. The molecule has 2 aromatic heterocycles. The van der Waals surface area contributed by atoms with Crippen LogP contribution in [0.25, 0.3) is 86.3 Å². The van der Waals surface area contributed by atoms with Crippen molar-refractivity contribution in [1.29, 1.82) is 0 Å². The zero-order valence-corrected chi connectivity index (χ0v) is 30.6. The number of rotatable bonds is 6. The van der Waals surface area contributed by atoms with Crippen LogP contribution in [0.1, 0.15) is 0 Å². The molecule has 9 aromatic carbocycles. The van der Waals surface area contributed by atoms with Crippen LogP contribution in [0, 0.1) is 0 Å². The Labute approximate surface area is 322 Å². The average Bonchev–Trinajstić information content (AvgIpc) is 3.83. The van der Waals surface area contributed by atoms with E-state index in [4.69, 9.17) is 4.42 Å². The van der Waals surface area contributed by atoms with Crippen LogP contribution in [0.4, 0.5) is 17.1 Å². The van der Waals surface area contributed by atoms with Gasteiger partial charge in [-0.05, 0) is 105 Å². The molecule has 258 valence electrons. The van der Waals surface area contributed by atoms with Crippen molar-refractivity contribution >= 4 is 81.3 Å². The van der Waals surface area contributed by atoms with Gasteiger partial charge in [0.1, 0.15) is 11.2 Å². The highest BCUT2D eigenvalue weighted by Crippen LogP contribution is 2.43. The Kier molecular flexibility index (Phi) is 7.39. The highest BCUT2D eigenvalue weighted by Gasteiger charge is 2.18. The van der Waals surface area contributed by atoms with Crippen LogP contribution < -0.4 is 4.90 Å². The number of benzene rings is 9. The Morgan fingerprint density at radius 3 is 1.82 bits per heavy atom. The van der Waals surface area contributed by atoms with E-state index in [1.165, 1.54) is 47.8 Å². The molecule has 0 fully saturated rings. The number of thiophene rings is 1. The van der Waals surface area contributed by atoms with Gasteiger partial charge in [-0.15, -0.1) is 11.3 Å². The summed E-state index contributed by atoms with van der Waals surface area (Å²) in [6, 6.07) is 72.2. The van der Waals surface area contributed by atoms with Crippen molar-refractivity contribution in [2.24, 2.45) is 0 Å². The van der Waals surface area contributed by atoms with Gasteiger partial charge in [0.25, 0.3) is 0 Å². The summed E-state index contributed by atoms with van der Waals surface area (Å²) in [5, 5.41) is 7.21. The van der Waals surface area contributed by atoms with E-state index in [0.717, 1.165) is 55.5 Å². The maximum Gasteiger partial charge on any atom is 0.143 e. The summed E-state index contributed by atoms with van der Waals surface area (Å²) < 4.78 is 9.21. The molecule has 0 radical (unpaired) electrons. The summed E-state index contributed by atoms with van der Waals surface area (Å²) in [5.74, 6) is 0. The van der Waals surface area contributed by atoms with E-state index in [1.54, 1.807) is 0 Å². The summed E-state index contributed by atoms with van der Waals surface area (Å²) >= 11 is 1.86. The molecule has 55 heavy (non-hydrogen) atoms. The van der Waals surface area contributed by atoms with Crippen LogP contribution in [-0.2, 0) is 0 Å². The van der Waals surface area contributed by atoms with Gasteiger partial charge in [-0.1, -0.05) is 133 Å². The maximum absolute atomic E-state index is 6.57. The normalized spacial score (nSPS) is 11.6. The topological polar surface area (TPSA) is 16.4 Å². The van der Waals surface area contributed by atoms with Crippen LogP contribution in [0.15, 0.2) is 205 Å². The summed E-state index contributed by atoms with van der Waals surface area (Å²) in [6.45, 7) is 0. The first kappa shape index (κ1) is 31.6. The molecule has 0 atom stereocenters. The zero-order valence-electron chi connectivity index (χ0n) is 29.8. The molecule has 0 aliphatic carbocycles. The first-order valence-electron chi connectivity index (χ1n) is 18.7. The van der Waals surface area contributed by atoms with Gasteiger partial charge in [-0.2, -0.15) is 0 Å². The monoisotopic (exact) mass is 719 g/mol. The quantitative estimate of drug-likeness (QED) is 0.170.